The first-order valence-corrected chi connectivity index (χ1v) is 3.52. The van der Waals surface area contributed by atoms with Crippen molar-refractivity contribution in [1.29, 1.82) is 0 Å². The number of nitrogens with one attached hydrogen (secondary N) is 1. The number of likely N-dealkylation sites (N-methyl/N-ethyl adjacent to an activating group) is 1. The van der Waals surface area contributed by atoms with Gasteiger partial charge in [0.05, 0.1) is 0 Å². The number of nitrogens with two attached hydrogens (primary N) is 1. The van der Waals surface area contributed by atoms with Crippen molar-refractivity contribution in [1.82, 2.24) is 5.32 Å². The SMILES string of the molecule is CCN/C(=C\C(C)N)C(=O)O. The van der Waals surface area contributed by atoms with Crippen LogP contribution in [0, 0.1) is 0 Å². The van der Waals surface area contributed by atoms with Crippen LogP contribution in [0.2, 0.25) is 0 Å². The quantitative estimate of drug-likeness (QED) is 0.500. The van der Waals surface area contributed by atoms with Gasteiger partial charge >= 0.3 is 5.97 Å². The molecule has 0 aromatic rings. The predicted octanol–water partition coefficient (Wildman–Crippen LogP) is -0.0884. The summed E-state index contributed by atoms with van der Waals surface area (Å²) in [7, 11) is 0. The summed E-state index contributed by atoms with van der Waals surface area (Å²) in [4.78, 5) is 10.4. The predicted molar refractivity (Wildman–Crippen MR) is 43.0 cm³/mol. The van der Waals surface area contributed by atoms with Crippen molar-refractivity contribution in [2.24, 2.45) is 5.73 Å². The van der Waals surface area contributed by atoms with Crippen molar-refractivity contribution in [2.75, 3.05) is 6.54 Å². The third-order valence-corrected chi connectivity index (χ3v) is 1.03. The van der Waals surface area contributed by atoms with Crippen molar-refractivity contribution in [2.45, 2.75) is 19.9 Å². The molecule has 0 saturated carbocycles. The van der Waals surface area contributed by atoms with Gasteiger partial charge in [0.2, 0.25) is 0 Å². The average Bonchev–Trinajstić information content (AvgIpc) is 1.86. The van der Waals surface area contributed by atoms with Crippen LogP contribution >= 0.6 is 0 Å². The van der Waals surface area contributed by atoms with Gasteiger partial charge in [-0.1, -0.05) is 0 Å². The van der Waals surface area contributed by atoms with Crippen molar-refractivity contribution >= 4 is 5.97 Å². The lowest BCUT2D eigenvalue weighted by atomic mass is 10.3. The summed E-state index contributed by atoms with van der Waals surface area (Å²) in [6.07, 6.45) is 1.48. The number of hydrogen-bond donors (Lipinski definition) is 3. The molecule has 0 fully saturated rings. The van der Waals surface area contributed by atoms with Crippen LogP contribution in [0.1, 0.15) is 13.8 Å². The molecule has 0 heterocycles. The molecule has 0 amide bonds. The molecule has 0 saturated heterocycles. The first-order chi connectivity index (χ1) is 5.07. The van der Waals surface area contributed by atoms with Crippen LogP contribution < -0.4 is 11.1 Å². The minimum Gasteiger partial charge on any atom is -0.477 e. The highest BCUT2D eigenvalue weighted by atomic mass is 16.4. The van der Waals surface area contributed by atoms with Crippen LogP contribution in [0.5, 0.6) is 0 Å². The average molecular weight is 158 g/mol. The molecule has 0 aliphatic carbocycles. The van der Waals surface area contributed by atoms with Gasteiger partial charge in [-0.2, -0.15) is 0 Å². The summed E-state index contributed by atoms with van der Waals surface area (Å²) < 4.78 is 0. The molecule has 4 heteroatoms. The van der Waals surface area contributed by atoms with E-state index in [2.05, 4.69) is 5.32 Å². The summed E-state index contributed by atoms with van der Waals surface area (Å²) >= 11 is 0. The molecule has 64 valence electrons. The Labute approximate surface area is 66.1 Å². The van der Waals surface area contributed by atoms with Gasteiger partial charge in [0.25, 0.3) is 0 Å². The summed E-state index contributed by atoms with van der Waals surface area (Å²) in [5.74, 6) is -0.968. The van der Waals surface area contributed by atoms with E-state index in [0.717, 1.165) is 0 Å². The highest BCUT2D eigenvalue weighted by molar-refractivity contribution is 5.85. The molecule has 0 radical (unpaired) electrons. The Morgan fingerprint density at radius 3 is 2.64 bits per heavy atom. The molecular weight excluding hydrogens is 144 g/mol. The van der Waals surface area contributed by atoms with E-state index in [-0.39, 0.29) is 11.7 Å². The molecule has 0 rings (SSSR count). The van der Waals surface area contributed by atoms with Crippen LogP contribution in [0.4, 0.5) is 0 Å². The molecule has 0 aliphatic heterocycles. The van der Waals surface area contributed by atoms with Gasteiger partial charge in [0.1, 0.15) is 5.70 Å². The van der Waals surface area contributed by atoms with E-state index in [4.69, 9.17) is 10.8 Å². The monoisotopic (exact) mass is 158 g/mol. The van der Waals surface area contributed by atoms with E-state index in [1.807, 2.05) is 6.92 Å². The third-order valence-electron chi connectivity index (χ3n) is 1.03. The number of aliphatic carboxylic acids is 1. The summed E-state index contributed by atoms with van der Waals surface area (Å²) in [6, 6.07) is -0.236. The van der Waals surface area contributed by atoms with E-state index in [9.17, 15) is 4.79 Å². The number of rotatable bonds is 4. The van der Waals surface area contributed by atoms with Crippen LogP contribution in [0.15, 0.2) is 11.8 Å². The maximum absolute atomic E-state index is 10.4. The Morgan fingerprint density at radius 2 is 2.36 bits per heavy atom. The molecule has 1 unspecified atom stereocenters. The second-order valence-corrected chi connectivity index (χ2v) is 2.27. The van der Waals surface area contributed by atoms with Crippen LogP contribution in [0.3, 0.4) is 0 Å². The highest BCUT2D eigenvalue weighted by Gasteiger charge is 2.04. The molecular formula is C7H14N2O2. The van der Waals surface area contributed by atoms with E-state index in [0.29, 0.717) is 6.54 Å². The number of hydrogen-bond acceptors (Lipinski definition) is 3. The molecule has 1 atom stereocenters. The molecule has 0 spiro atoms. The normalized spacial score (nSPS) is 14.3. The molecule has 0 aliphatic rings. The van der Waals surface area contributed by atoms with Crippen LogP contribution in [0.25, 0.3) is 0 Å². The van der Waals surface area contributed by atoms with Gasteiger partial charge in [-0.3, -0.25) is 0 Å². The van der Waals surface area contributed by atoms with E-state index in [1.54, 1.807) is 6.92 Å². The van der Waals surface area contributed by atoms with Gasteiger partial charge in [-0.25, -0.2) is 4.79 Å². The summed E-state index contributed by atoms with van der Waals surface area (Å²) in [5, 5.41) is 11.3. The second-order valence-electron chi connectivity index (χ2n) is 2.27. The fraction of sp³-hybridized carbons (Fsp3) is 0.571. The molecule has 0 aromatic carbocycles. The smallest absolute Gasteiger partial charge is 0.351 e. The maximum Gasteiger partial charge on any atom is 0.351 e. The fourth-order valence-electron chi connectivity index (χ4n) is 0.659. The van der Waals surface area contributed by atoms with Crippen molar-refractivity contribution < 1.29 is 9.90 Å². The number of carboxylic acid groups (broad SMARTS) is 1. The van der Waals surface area contributed by atoms with Crippen molar-refractivity contribution in [3.63, 3.8) is 0 Å². The van der Waals surface area contributed by atoms with Gasteiger partial charge < -0.3 is 16.2 Å². The van der Waals surface area contributed by atoms with E-state index in [1.165, 1.54) is 6.08 Å². The Bertz CT molecular complexity index is 164. The Hall–Kier alpha value is -1.03. The summed E-state index contributed by atoms with van der Waals surface area (Å²) in [6.45, 7) is 4.14. The van der Waals surface area contributed by atoms with Crippen molar-refractivity contribution in [3.8, 4) is 0 Å². The third kappa shape index (κ3) is 4.38. The lowest BCUT2D eigenvalue weighted by molar-refractivity contribution is -0.133. The zero-order chi connectivity index (χ0) is 8.85. The Balaban J connectivity index is 4.20. The standard InChI is InChI=1S/C7H14N2O2/c1-3-9-6(7(10)11)4-5(2)8/h4-5,9H,3,8H2,1-2H3,(H,10,11)/b6-4-. The topological polar surface area (TPSA) is 75.3 Å². The molecule has 0 aromatic heterocycles. The fourth-order valence-corrected chi connectivity index (χ4v) is 0.659. The minimum absolute atomic E-state index is 0.169. The summed E-state index contributed by atoms with van der Waals surface area (Å²) in [5.41, 5.74) is 5.55. The maximum atomic E-state index is 10.4. The van der Waals surface area contributed by atoms with E-state index < -0.39 is 5.97 Å². The first-order valence-electron chi connectivity index (χ1n) is 3.52. The Morgan fingerprint density at radius 1 is 1.82 bits per heavy atom. The number of carbonyl (C=O) groups is 1. The lowest BCUT2D eigenvalue weighted by Crippen LogP contribution is -2.23. The largest absolute Gasteiger partial charge is 0.477 e. The minimum atomic E-state index is -0.968. The second kappa shape index (κ2) is 4.73. The molecule has 4 nitrogen and oxygen atoms in total. The van der Waals surface area contributed by atoms with E-state index >= 15 is 0 Å². The van der Waals surface area contributed by atoms with Crippen LogP contribution in [-0.2, 0) is 4.79 Å². The number of carboxylic acids is 1. The van der Waals surface area contributed by atoms with Crippen molar-refractivity contribution in [3.05, 3.63) is 11.8 Å². The zero-order valence-corrected chi connectivity index (χ0v) is 6.79. The molecule has 11 heavy (non-hydrogen) atoms. The molecule has 0 bridgehead atoms. The van der Waals surface area contributed by atoms with Gasteiger partial charge in [0.15, 0.2) is 0 Å². The lowest BCUT2D eigenvalue weighted by Gasteiger charge is -2.04. The molecule has 4 N–H and O–H groups in total. The zero-order valence-electron chi connectivity index (χ0n) is 6.79. The van der Waals surface area contributed by atoms with Crippen LogP contribution in [-0.4, -0.2) is 23.7 Å². The van der Waals surface area contributed by atoms with Gasteiger partial charge in [-0.05, 0) is 19.9 Å². The first kappa shape index (κ1) is 9.97. The van der Waals surface area contributed by atoms with Gasteiger partial charge in [0, 0.05) is 12.6 Å². The Kier molecular flexibility index (Phi) is 4.29. The highest BCUT2D eigenvalue weighted by Crippen LogP contribution is 1.90. The van der Waals surface area contributed by atoms with Gasteiger partial charge in [-0.15, -0.1) is 0 Å².